The van der Waals surface area contributed by atoms with Crippen molar-refractivity contribution in [2.45, 2.75) is 25.7 Å². The van der Waals surface area contributed by atoms with E-state index in [9.17, 15) is 4.79 Å². The number of ketones is 1. The molecule has 0 unspecified atom stereocenters. The van der Waals surface area contributed by atoms with E-state index in [1.54, 1.807) is 6.08 Å². The Balaban J connectivity index is 1.71. The number of allylic oxidation sites excluding steroid dienone is 4. The monoisotopic (exact) mass is 329 g/mol. The molecule has 2 aliphatic rings. The zero-order valence-electron chi connectivity index (χ0n) is 14.4. The lowest BCUT2D eigenvalue weighted by molar-refractivity contribution is 0.104. The Morgan fingerprint density at radius 3 is 2.40 bits per heavy atom. The minimum atomic E-state index is 0.0666. The van der Waals surface area contributed by atoms with Gasteiger partial charge < -0.3 is 4.90 Å². The molecule has 126 valence electrons. The quantitative estimate of drug-likeness (QED) is 0.588. The summed E-state index contributed by atoms with van der Waals surface area (Å²) in [6.07, 6.45) is 8.47. The fourth-order valence-electron chi connectivity index (χ4n) is 3.90. The zero-order chi connectivity index (χ0) is 17.1. The second-order valence-electron chi connectivity index (χ2n) is 6.78. The molecular formula is C23H23NO. The molecule has 1 saturated heterocycles. The van der Waals surface area contributed by atoms with Crippen LogP contribution in [0.15, 0.2) is 72.4 Å². The second-order valence-corrected chi connectivity index (χ2v) is 6.78. The van der Waals surface area contributed by atoms with Crippen molar-refractivity contribution in [3.05, 3.63) is 89.1 Å². The summed E-state index contributed by atoms with van der Waals surface area (Å²) in [5.74, 6) is 0.0666. The highest BCUT2D eigenvalue weighted by molar-refractivity contribution is 6.06. The molecule has 2 aromatic carbocycles. The first-order valence-corrected chi connectivity index (χ1v) is 9.17. The van der Waals surface area contributed by atoms with Crippen LogP contribution in [0.2, 0.25) is 0 Å². The molecule has 1 aliphatic carbocycles. The van der Waals surface area contributed by atoms with Crippen molar-refractivity contribution < 1.29 is 4.79 Å². The Labute approximate surface area is 149 Å². The van der Waals surface area contributed by atoms with Crippen molar-refractivity contribution in [1.29, 1.82) is 0 Å². The van der Waals surface area contributed by atoms with E-state index < -0.39 is 0 Å². The van der Waals surface area contributed by atoms with Gasteiger partial charge in [-0.1, -0.05) is 54.6 Å². The van der Waals surface area contributed by atoms with E-state index in [4.69, 9.17) is 0 Å². The van der Waals surface area contributed by atoms with Crippen molar-refractivity contribution in [2.75, 3.05) is 13.1 Å². The SMILES string of the molecule is O=C(/C=C/C1=C(N2CCCC2)CCc2ccccc21)c1ccccc1. The molecule has 4 rings (SSSR count). The summed E-state index contributed by atoms with van der Waals surface area (Å²) in [5, 5.41) is 0. The van der Waals surface area contributed by atoms with Crippen LogP contribution in [0.4, 0.5) is 0 Å². The number of likely N-dealkylation sites (tertiary alicyclic amines) is 1. The average Bonchev–Trinajstić information content (AvgIpc) is 3.21. The molecule has 0 spiro atoms. The van der Waals surface area contributed by atoms with Crippen LogP contribution in [-0.2, 0) is 6.42 Å². The third kappa shape index (κ3) is 3.30. The molecule has 0 amide bonds. The van der Waals surface area contributed by atoms with E-state index in [2.05, 4.69) is 29.2 Å². The van der Waals surface area contributed by atoms with Crippen LogP contribution in [0.3, 0.4) is 0 Å². The van der Waals surface area contributed by atoms with Gasteiger partial charge in [-0.3, -0.25) is 4.79 Å². The van der Waals surface area contributed by atoms with Crippen molar-refractivity contribution in [3.8, 4) is 0 Å². The van der Waals surface area contributed by atoms with Crippen LogP contribution in [0, 0.1) is 0 Å². The lowest BCUT2D eigenvalue weighted by Gasteiger charge is -2.29. The Hall–Kier alpha value is -2.61. The third-order valence-corrected chi connectivity index (χ3v) is 5.20. The summed E-state index contributed by atoms with van der Waals surface area (Å²) in [4.78, 5) is 15.0. The Kier molecular flexibility index (Phi) is 4.51. The highest BCUT2D eigenvalue weighted by Gasteiger charge is 2.23. The van der Waals surface area contributed by atoms with E-state index in [1.165, 1.54) is 35.2 Å². The number of fused-ring (bicyclic) bond motifs is 1. The third-order valence-electron chi connectivity index (χ3n) is 5.20. The average molecular weight is 329 g/mol. The smallest absolute Gasteiger partial charge is 0.185 e. The number of hydrogen-bond donors (Lipinski definition) is 0. The summed E-state index contributed by atoms with van der Waals surface area (Å²) in [5.41, 5.74) is 6.05. The standard InChI is InChI=1S/C23H23NO/c25-23(19-9-2-1-3-10-19)15-13-21-20-11-5-4-8-18(20)12-14-22(21)24-16-6-7-17-24/h1-5,8-11,13,15H,6-7,12,14,16-17H2/b15-13+. The fraction of sp³-hybridized carbons (Fsp3) is 0.261. The molecule has 0 saturated carbocycles. The van der Waals surface area contributed by atoms with Crippen molar-refractivity contribution in [3.63, 3.8) is 0 Å². The van der Waals surface area contributed by atoms with Gasteiger partial charge in [-0.15, -0.1) is 0 Å². The van der Waals surface area contributed by atoms with E-state index in [0.717, 1.165) is 31.5 Å². The van der Waals surface area contributed by atoms with E-state index >= 15 is 0 Å². The molecule has 0 bridgehead atoms. The first-order chi connectivity index (χ1) is 12.3. The first-order valence-electron chi connectivity index (χ1n) is 9.17. The molecule has 2 aromatic rings. The number of aryl methyl sites for hydroxylation is 1. The van der Waals surface area contributed by atoms with Gasteiger partial charge in [-0.25, -0.2) is 0 Å². The molecule has 0 N–H and O–H groups in total. The zero-order valence-corrected chi connectivity index (χ0v) is 14.4. The van der Waals surface area contributed by atoms with Crippen LogP contribution >= 0.6 is 0 Å². The van der Waals surface area contributed by atoms with E-state index in [-0.39, 0.29) is 5.78 Å². The minimum absolute atomic E-state index is 0.0666. The first kappa shape index (κ1) is 15.9. The van der Waals surface area contributed by atoms with E-state index in [1.807, 2.05) is 36.4 Å². The number of carbonyl (C=O) groups excluding carboxylic acids is 1. The van der Waals surface area contributed by atoms with Crippen LogP contribution in [0.5, 0.6) is 0 Å². The van der Waals surface area contributed by atoms with Gasteiger partial charge in [0.2, 0.25) is 0 Å². The molecule has 1 fully saturated rings. The topological polar surface area (TPSA) is 20.3 Å². The lowest BCUT2D eigenvalue weighted by atomic mass is 9.87. The van der Waals surface area contributed by atoms with Gasteiger partial charge in [0.25, 0.3) is 0 Å². The summed E-state index contributed by atoms with van der Waals surface area (Å²) >= 11 is 0. The summed E-state index contributed by atoms with van der Waals surface area (Å²) in [6.45, 7) is 2.28. The van der Waals surface area contributed by atoms with Gasteiger partial charge in [-0.2, -0.15) is 0 Å². The van der Waals surface area contributed by atoms with Gasteiger partial charge in [0, 0.05) is 29.9 Å². The predicted octanol–water partition coefficient (Wildman–Crippen LogP) is 4.88. The molecular weight excluding hydrogens is 306 g/mol. The normalized spacial score (nSPS) is 17.2. The minimum Gasteiger partial charge on any atom is -0.374 e. The largest absolute Gasteiger partial charge is 0.374 e. The van der Waals surface area contributed by atoms with Crippen molar-refractivity contribution >= 4 is 11.4 Å². The van der Waals surface area contributed by atoms with Crippen LogP contribution in [0.25, 0.3) is 5.57 Å². The molecule has 0 aromatic heterocycles. The number of rotatable bonds is 4. The summed E-state index contributed by atoms with van der Waals surface area (Å²) < 4.78 is 0. The number of hydrogen-bond acceptors (Lipinski definition) is 2. The predicted molar refractivity (Wildman–Crippen MR) is 102 cm³/mol. The van der Waals surface area contributed by atoms with Crippen LogP contribution < -0.4 is 0 Å². The van der Waals surface area contributed by atoms with Crippen molar-refractivity contribution in [1.82, 2.24) is 4.90 Å². The maximum absolute atomic E-state index is 12.5. The summed E-state index contributed by atoms with van der Waals surface area (Å²) in [7, 11) is 0. The van der Waals surface area contributed by atoms with E-state index in [0.29, 0.717) is 0 Å². The molecule has 2 nitrogen and oxygen atoms in total. The lowest BCUT2D eigenvalue weighted by Crippen LogP contribution is -2.22. The number of carbonyl (C=O) groups is 1. The highest BCUT2D eigenvalue weighted by Crippen LogP contribution is 2.35. The number of nitrogens with zero attached hydrogens (tertiary/aromatic N) is 1. The molecule has 25 heavy (non-hydrogen) atoms. The van der Waals surface area contributed by atoms with Gasteiger partial charge in [-0.05, 0) is 49.0 Å². The van der Waals surface area contributed by atoms with Gasteiger partial charge >= 0.3 is 0 Å². The Bertz CT molecular complexity index is 826. The van der Waals surface area contributed by atoms with Crippen LogP contribution in [-0.4, -0.2) is 23.8 Å². The molecule has 2 heteroatoms. The molecule has 0 radical (unpaired) electrons. The Morgan fingerprint density at radius 2 is 1.60 bits per heavy atom. The van der Waals surface area contributed by atoms with Gasteiger partial charge in [0.05, 0.1) is 0 Å². The molecule has 1 heterocycles. The maximum atomic E-state index is 12.5. The van der Waals surface area contributed by atoms with Crippen LogP contribution in [0.1, 0.15) is 40.7 Å². The van der Waals surface area contributed by atoms with Gasteiger partial charge in [0.1, 0.15) is 0 Å². The molecule has 0 atom stereocenters. The maximum Gasteiger partial charge on any atom is 0.185 e. The van der Waals surface area contributed by atoms with Crippen molar-refractivity contribution in [2.24, 2.45) is 0 Å². The molecule has 1 aliphatic heterocycles. The Morgan fingerprint density at radius 1 is 0.880 bits per heavy atom. The highest BCUT2D eigenvalue weighted by atomic mass is 16.1. The summed E-state index contributed by atoms with van der Waals surface area (Å²) in [6, 6.07) is 18.1. The fourth-order valence-corrected chi connectivity index (χ4v) is 3.90. The second kappa shape index (κ2) is 7.10. The van der Waals surface area contributed by atoms with Gasteiger partial charge in [0.15, 0.2) is 5.78 Å². The number of benzene rings is 2.